The Bertz CT molecular complexity index is 1030. The minimum atomic E-state index is -0.698. The number of morpholine rings is 1. The van der Waals surface area contributed by atoms with Crippen molar-refractivity contribution in [3.63, 3.8) is 0 Å². The van der Waals surface area contributed by atoms with Crippen molar-refractivity contribution in [2.24, 2.45) is 0 Å². The number of amides is 1. The van der Waals surface area contributed by atoms with Gasteiger partial charge < -0.3 is 19.4 Å². The number of ether oxygens (including phenoxy) is 1. The summed E-state index contributed by atoms with van der Waals surface area (Å²) in [7, 11) is 0. The minimum Gasteiger partial charge on any atom is -0.395 e. The molecule has 4 rings (SSSR count). The number of hydrogen-bond acceptors (Lipinski definition) is 8. The molecule has 1 saturated heterocycles. The van der Waals surface area contributed by atoms with Gasteiger partial charge in [-0.3, -0.25) is 14.9 Å². The normalized spacial score (nSPS) is 13.9. The zero-order valence-corrected chi connectivity index (χ0v) is 15.3. The summed E-state index contributed by atoms with van der Waals surface area (Å²) in [6, 6.07) is 13.2. The number of nitrogens with zero attached hydrogens (tertiary/aromatic N) is 4. The molecule has 1 aliphatic heterocycles. The predicted molar refractivity (Wildman–Crippen MR) is 104 cm³/mol. The second-order valence-corrected chi connectivity index (χ2v) is 6.31. The van der Waals surface area contributed by atoms with Gasteiger partial charge in [0.1, 0.15) is 4.92 Å². The highest BCUT2D eigenvalue weighted by Gasteiger charge is 2.18. The number of furan rings is 1. The number of carbonyl (C=O) groups excluding carboxylic acids is 1. The van der Waals surface area contributed by atoms with Gasteiger partial charge in [-0.25, -0.2) is 0 Å². The van der Waals surface area contributed by atoms with Crippen molar-refractivity contribution in [2.75, 3.05) is 36.5 Å². The fourth-order valence-electron chi connectivity index (χ4n) is 2.94. The second kappa shape index (κ2) is 8.07. The van der Waals surface area contributed by atoms with Crippen LogP contribution in [-0.2, 0) is 4.74 Å². The molecule has 0 bridgehead atoms. The number of nitro groups is 1. The number of hydrogen-bond donors (Lipinski definition) is 1. The van der Waals surface area contributed by atoms with Crippen LogP contribution >= 0.6 is 0 Å². The zero-order valence-electron chi connectivity index (χ0n) is 15.3. The van der Waals surface area contributed by atoms with E-state index in [4.69, 9.17) is 9.15 Å². The lowest BCUT2D eigenvalue weighted by Crippen LogP contribution is -2.36. The van der Waals surface area contributed by atoms with E-state index in [9.17, 15) is 14.9 Å². The van der Waals surface area contributed by atoms with E-state index in [1.54, 1.807) is 18.2 Å². The summed E-state index contributed by atoms with van der Waals surface area (Å²) in [4.78, 5) is 24.3. The third-order valence-electron chi connectivity index (χ3n) is 4.40. The summed E-state index contributed by atoms with van der Waals surface area (Å²) in [6.07, 6.45) is 0. The Balaban J connectivity index is 1.47. The van der Waals surface area contributed by atoms with Gasteiger partial charge >= 0.3 is 5.88 Å². The highest BCUT2D eigenvalue weighted by Crippen LogP contribution is 2.23. The smallest absolute Gasteiger partial charge is 0.395 e. The van der Waals surface area contributed by atoms with Crippen molar-refractivity contribution in [1.82, 2.24) is 10.2 Å². The van der Waals surface area contributed by atoms with Crippen LogP contribution in [0.3, 0.4) is 0 Å². The molecule has 3 aromatic rings. The number of nitrogens with one attached hydrogen (secondary N) is 1. The van der Waals surface area contributed by atoms with E-state index in [0.29, 0.717) is 24.6 Å². The molecule has 0 radical (unpaired) electrons. The molecule has 0 atom stereocenters. The summed E-state index contributed by atoms with van der Waals surface area (Å²) in [5.74, 6) is -0.416. The molecule has 0 spiro atoms. The molecular formula is C19H17N5O5. The molecule has 29 heavy (non-hydrogen) atoms. The second-order valence-electron chi connectivity index (χ2n) is 6.31. The fourth-order valence-corrected chi connectivity index (χ4v) is 2.94. The molecule has 1 aromatic carbocycles. The molecule has 148 valence electrons. The number of benzene rings is 1. The summed E-state index contributed by atoms with van der Waals surface area (Å²) in [5, 5.41) is 21.9. The maximum absolute atomic E-state index is 12.2. The van der Waals surface area contributed by atoms with E-state index in [2.05, 4.69) is 20.4 Å². The Morgan fingerprint density at radius 2 is 1.93 bits per heavy atom. The van der Waals surface area contributed by atoms with Crippen molar-refractivity contribution in [2.45, 2.75) is 0 Å². The van der Waals surface area contributed by atoms with Crippen LogP contribution in [-0.4, -0.2) is 47.3 Å². The van der Waals surface area contributed by atoms with E-state index < -0.39 is 16.7 Å². The van der Waals surface area contributed by atoms with Gasteiger partial charge in [-0.15, -0.1) is 10.2 Å². The van der Waals surface area contributed by atoms with Gasteiger partial charge in [-0.2, -0.15) is 0 Å². The molecule has 0 saturated carbocycles. The van der Waals surface area contributed by atoms with Crippen molar-refractivity contribution in [3.05, 3.63) is 64.4 Å². The molecule has 10 nitrogen and oxygen atoms in total. The Morgan fingerprint density at radius 1 is 1.10 bits per heavy atom. The Kier molecular flexibility index (Phi) is 5.16. The molecule has 1 fully saturated rings. The van der Waals surface area contributed by atoms with Crippen LogP contribution in [0, 0.1) is 10.1 Å². The number of aromatic nitrogens is 2. The van der Waals surface area contributed by atoms with E-state index in [0.717, 1.165) is 30.5 Å². The number of anilines is 2. The predicted octanol–water partition coefficient (Wildman–Crippen LogP) is 2.73. The summed E-state index contributed by atoms with van der Waals surface area (Å²) in [5.41, 5.74) is 1.94. The van der Waals surface area contributed by atoms with Gasteiger partial charge in [-0.05, 0) is 30.3 Å². The van der Waals surface area contributed by atoms with Gasteiger partial charge in [0.25, 0.3) is 5.91 Å². The zero-order chi connectivity index (χ0) is 20.2. The maximum Gasteiger partial charge on any atom is 0.433 e. The summed E-state index contributed by atoms with van der Waals surface area (Å²) in [6.45, 7) is 2.90. The van der Waals surface area contributed by atoms with Crippen LogP contribution in [0.2, 0.25) is 0 Å². The van der Waals surface area contributed by atoms with Gasteiger partial charge in [0, 0.05) is 24.3 Å². The standard InChI is InChI=1S/C19H17N5O5/c25-19(16-5-7-18(29-16)24(26)27)20-14-3-1-2-13(12-14)15-4-6-17(22-21-15)23-8-10-28-11-9-23/h1-7,12H,8-11H2,(H,20,25). The lowest BCUT2D eigenvalue weighted by atomic mass is 10.1. The van der Waals surface area contributed by atoms with Gasteiger partial charge in [-0.1, -0.05) is 12.1 Å². The lowest BCUT2D eigenvalue weighted by Gasteiger charge is -2.27. The molecule has 1 aliphatic rings. The molecule has 2 aromatic heterocycles. The molecule has 3 heterocycles. The highest BCUT2D eigenvalue weighted by molar-refractivity contribution is 6.02. The van der Waals surface area contributed by atoms with E-state index >= 15 is 0 Å². The number of carbonyl (C=O) groups is 1. The minimum absolute atomic E-state index is 0.142. The average Bonchev–Trinajstić information content (AvgIpc) is 3.26. The molecular weight excluding hydrogens is 378 g/mol. The maximum atomic E-state index is 12.2. The SMILES string of the molecule is O=C(Nc1cccc(-c2ccc(N3CCOCC3)nn2)c1)c1ccc([N+](=O)[O-])o1. The van der Waals surface area contributed by atoms with Crippen molar-refractivity contribution in [1.29, 1.82) is 0 Å². The third kappa shape index (κ3) is 4.22. The first-order chi connectivity index (χ1) is 14.1. The van der Waals surface area contributed by atoms with E-state index in [-0.39, 0.29) is 5.76 Å². The van der Waals surface area contributed by atoms with Crippen molar-refractivity contribution >= 4 is 23.3 Å². The van der Waals surface area contributed by atoms with Crippen molar-refractivity contribution in [3.8, 4) is 11.3 Å². The van der Waals surface area contributed by atoms with Gasteiger partial charge in [0.2, 0.25) is 0 Å². The fraction of sp³-hybridized carbons (Fsp3) is 0.211. The summed E-state index contributed by atoms with van der Waals surface area (Å²) < 4.78 is 10.3. The molecule has 1 N–H and O–H groups in total. The highest BCUT2D eigenvalue weighted by atomic mass is 16.6. The lowest BCUT2D eigenvalue weighted by molar-refractivity contribution is -0.402. The topological polar surface area (TPSA) is 124 Å². The first-order valence-corrected chi connectivity index (χ1v) is 8.92. The van der Waals surface area contributed by atoms with Crippen molar-refractivity contribution < 1.29 is 18.9 Å². The first-order valence-electron chi connectivity index (χ1n) is 8.92. The van der Waals surface area contributed by atoms with Crippen LogP contribution in [0.5, 0.6) is 0 Å². The molecule has 1 amide bonds. The van der Waals surface area contributed by atoms with Crippen LogP contribution in [0.1, 0.15) is 10.6 Å². The van der Waals surface area contributed by atoms with Crippen LogP contribution in [0.25, 0.3) is 11.3 Å². The average molecular weight is 395 g/mol. The summed E-state index contributed by atoms with van der Waals surface area (Å²) >= 11 is 0. The van der Waals surface area contributed by atoms with Gasteiger partial charge in [0.05, 0.1) is 25.0 Å². The molecule has 10 heteroatoms. The monoisotopic (exact) mass is 395 g/mol. The molecule has 0 aliphatic carbocycles. The van der Waals surface area contributed by atoms with Gasteiger partial charge in [0.15, 0.2) is 11.6 Å². The Labute approximate surface area is 165 Å². The van der Waals surface area contributed by atoms with E-state index in [1.807, 2.05) is 18.2 Å². The van der Waals surface area contributed by atoms with Crippen LogP contribution < -0.4 is 10.2 Å². The first kappa shape index (κ1) is 18.6. The van der Waals surface area contributed by atoms with Crippen LogP contribution in [0.15, 0.2) is 52.9 Å². The number of rotatable bonds is 5. The quantitative estimate of drug-likeness (QED) is 0.517. The van der Waals surface area contributed by atoms with E-state index in [1.165, 1.54) is 6.07 Å². The molecule has 0 unspecified atom stereocenters. The Morgan fingerprint density at radius 3 is 2.62 bits per heavy atom. The van der Waals surface area contributed by atoms with Crippen LogP contribution in [0.4, 0.5) is 17.4 Å². The largest absolute Gasteiger partial charge is 0.433 e. The third-order valence-corrected chi connectivity index (χ3v) is 4.40. The Hall–Kier alpha value is -3.79.